The van der Waals surface area contributed by atoms with Gasteiger partial charge in [0, 0.05) is 24.4 Å². The average Bonchev–Trinajstić information content (AvgIpc) is 3.38. The van der Waals surface area contributed by atoms with Crippen molar-refractivity contribution < 1.29 is 24.2 Å². The minimum atomic E-state index is -0.840. The fraction of sp³-hybridized carbons (Fsp3) is 0.464. The van der Waals surface area contributed by atoms with Gasteiger partial charge in [-0.15, -0.1) is 0 Å². The third-order valence-corrected chi connectivity index (χ3v) is 7.30. The van der Waals surface area contributed by atoms with E-state index in [4.69, 9.17) is 9.84 Å². The number of fused-ring (bicyclic) bond motifs is 3. The van der Waals surface area contributed by atoms with Crippen molar-refractivity contribution in [2.45, 2.75) is 64.0 Å². The van der Waals surface area contributed by atoms with E-state index in [0.29, 0.717) is 0 Å². The zero-order valence-electron chi connectivity index (χ0n) is 20.3. The van der Waals surface area contributed by atoms with Gasteiger partial charge in [0.25, 0.3) is 0 Å². The number of alkyl carbamates (subject to hydrolysis) is 1. The maximum atomic E-state index is 12.7. The van der Waals surface area contributed by atoms with E-state index >= 15 is 0 Å². The van der Waals surface area contributed by atoms with Crippen molar-refractivity contribution in [2.24, 2.45) is 11.8 Å². The van der Waals surface area contributed by atoms with Crippen LogP contribution in [0, 0.1) is 11.8 Å². The lowest BCUT2D eigenvalue weighted by molar-refractivity contribution is -0.138. The molecule has 2 aliphatic rings. The molecule has 2 aliphatic carbocycles. The van der Waals surface area contributed by atoms with Crippen LogP contribution in [0.5, 0.6) is 0 Å². The van der Waals surface area contributed by atoms with E-state index in [1.807, 2.05) is 38.1 Å². The Labute approximate surface area is 206 Å². The Morgan fingerprint density at radius 1 is 1.00 bits per heavy atom. The first kappa shape index (κ1) is 24.8. The summed E-state index contributed by atoms with van der Waals surface area (Å²) in [5.41, 5.74) is 4.63. The SMILES string of the molecule is CC(C)C(CC(=O)NC1CCCC1CC(=O)O)NC(=O)OCC1c2ccccc2-c2ccccc21. The van der Waals surface area contributed by atoms with Gasteiger partial charge in [-0.2, -0.15) is 0 Å². The number of carbonyl (C=O) groups is 3. The van der Waals surface area contributed by atoms with E-state index in [1.165, 1.54) is 11.1 Å². The molecule has 35 heavy (non-hydrogen) atoms. The second-order valence-corrected chi connectivity index (χ2v) is 9.99. The summed E-state index contributed by atoms with van der Waals surface area (Å²) in [6, 6.07) is 15.8. The number of ether oxygens (including phenoxy) is 1. The number of benzene rings is 2. The standard InChI is InChI=1S/C28H34N2O5/c1-17(2)25(15-26(31)29-24-13-7-8-18(24)14-27(32)33)30-28(34)35-16-23-21-11-5-3-9-19(21)20-10-4-6-12-22(20)23/h3-6,9-12,17-18,23-25H,7-8,13-16H2,1-2H3,(H,29,31)(H,30,34)(H,32,33). The van der Waals surface area contributed by atoms with E-state index < -0.39 is 12.1 Å². The highest BCUT2D eigenvalue weighted by atomic mass is 16.5. The van der Waals surface area contributed by atoms with Gasteiger partial charge in [0.05, 0.1) is 6.42 Å². The van der Waals surface area contributed by atoms with Gasteiger partial charge >= 0.3 is 12.1 Å². The number of hydrogen-bond donors (Lipinski definition) is 3. The predicted octanol–water partition coefficient (Wildman–Crippen LogP) is 4.70. The molecule has 4 rings (SSSR count). The van der Waals surface area contributed by atoms with Gasteiger partial charge in [-0.05, 0) is 46.9 Å². The Balaban J connectivity index is 1.32. The van der Waals surface area contributed by atoms with E-state index in [0.717, 1.165) is 30.4 Å². The largest absolute Gasteiger partial charge is 0.481 e. The van der Waals surface area contributed by atoms with E-state index in [-0.39, 0.29) is 55.2 Å². The quantitative estimate of drug-likeness (QED) is 0.485. The summed E-state index contributed by atoms with van der Waals surface area (Å²) in [5.74, 6) is -1.05. The highest BCUT2D eigenvalue weighted by molar-refractivity contribution is 5.80. The second-order valence-electron chi connectivity index (χ2n) is 9.99. The van der Waals surface area contributed by atoms with Gasteiger partial charge in [0.1, 0.15) is 6.61 Å². The summed E-state index contributed by atoms with van der Waals surface area (Å²) >= 11 is 0. The lowest BCUT2D eigenvalue weighted by Gasteiger charge is -2.25. The van der Waals surface area contributed by atoms with Crippen LogP contribution < -0.4 is 10.6 Å². The van der Waals surface area contributed by atoms with Crippen molar-refractivity contribution in [2.75, 3.05) is 6.61 Å². The molecule has 0 heterocycles. The maximum Gasteiger partial charge on any atom is 0.407 e. The summed E-state index contributed by atoms with van der Waals surface area (Å²) in [5, 5.41) is 15.0. The molecule has 0 saturated heterocycles. The molecule has 2 amide bonds. The monoisotopic (exact) mass is 478 g/mol. The molecule has 2 aromatic carbocycles. The van der Waals surface area contributed by atoms with Gasteiger partial charge in [-0.3, -0.25) is 9.59 Å². The third kappa shape index (κ3) is 5.84. The highest BCUT2D eigenvalue weighted by Crippen LogP contribution is 2.44. The molecule has 1 saturated carbocycles. The van der Waals surface area contributed by atoms with Crippen LogP contribution in [0.3, 0.4) is 0 Å². The van der Waals surface area contributed by atoms with E-state index in [9.17, 15) is 14.4 Å². The number of carboxylic acids is 1. The van der Waals surface area contributed by atoms with Crippen molar-refractivity contribution in [1.29, 1.82) is 0 Å². The summed E-state index contributed by atoms with van der Waals surface area (Å²) in [4.78, 5) is 36.5. The Morgan fingerprint density at radius 3 is 2.23 bits per heavy atom. The van der Waals surface area contributed by atoms with Crippen LogP contribution in [0.2, 0.25) is 0 Å². The number of hydrogen-bond acceptors (Lipinski definition) is 4. The molecule has 7 heteroatoms. The number of carboxylic acid groups (broad SMARTS) is 1. The minimum absolute atomic E-state index is 0.0255. The normalized spacial score (nSPS) is 19.6. The number of aliphatic carboxylic acids is 1. The summed E-state index contributed by atoms with van der Waals surface area (Å²) < 4.78 is 5.65. The van der Waals surface area contributed by atoms with Gasteiger partial charge in [0.2, 0.25) is 5.91 Å². The fourth-order valence-corrected chi connectivity index (χ4v) is 5.41. The smallest absolute Gasteiger partial charge is 0.407 e. The van der Waals surface area contributed by atoms with Crippen molar-refractivity contribution >= 4 is 18.0 Å². The van der Waals surface area contributed by atoms with E-state index in [1.54, 1.807) is 0 Å². The summed E-state index contributed by atoms with van der Waals surface area (Å²) in [7, 11) is 0. The molecule has 3 atom stereocenters. The Morgan fingerprint density at radius 2 is 1.63 bits per heavy atom. The van der Waals surface area contributed by atoms with Gasteiger partial charge in [-0.25, -0.2) is 4.79 Å². The minimum Gasteiger partial charge on any atom is -0.481 e. The fourth-order valence-electron chi connectivity index (χ4n) is 5.41. The van der Waals surface area contributed by atoms with Crippen LogP contribution >= 0.6 is 0 Å². The zero-order chi connectivity index (χ0) is 24.9. The van der Waals surface area contributed by atoms with Crippen LogP contribution in [0.25, 0.3) is 11.1 Å². The Hall–Kier alpha value is -3.35. The molecular formula is C28H34N2O5. The second kappa shape index (κ2) is 10.9. The lowest BCUT2D eigenvalue weighted by atomic mass is 9.97. The molecule has 0 radical (unpaired) electrons. The molecule has 0 bridgehead atoms. The molecule has 1 fully saturated rings. The van der Waals surface area contributed by atoms with Crippen molar-refractivity contribution in [3.63, 3.8) is 0 Å². The molecule has 0 spiro atoms. The van der Waals surface area contributed by atoms with Crippen LogP contribution in [-0.4, -0.2) is 41.8 Å². The molecule has 0 aliphatic heterocycles. The molecule has 0 aromatic heterocycles. The van der Waals surface area contributed by atoms with Crippen LogP contribution in [0.1, 0.15) is 63.0 Å². The topological polar surface area (TPSA) is 105 Å². The van der Waals surface area contributed by atoms with Crippen LogP contribution in [-0.2, 0) is 14.3 Å². The Kier molecular flexibility index (Phi) is 7.73. The van der Waals surface area contributed by atoms with E-state index in [2.05, 4.69) is 34.9 Å². The molecule has 7 nitrogen and oxygen atoms in total. The lowest BCUT2D eigenvalue weighted by Crippen LogP contribution is -2.45. The van der Waals surface area contributed by atoms with Gasteiger partial charge in [-0.1, -0.05) is 68.8 Å². The van der Waals surface area contributed by atoms with Crippen molar-refractivity contribution in [3.05, 3.63) is 59.7 Å². The first-order valence-electron chi connectivity index (χ1n) is 12.5. The Bertz CT molecular complexity index is 1040. The first-order chi connectivity index (χ1) is 16.8. The number of rotatable bonds is 9. The molecular weight excluding hydrogens is 444 g/mol. The molecule has 186 valence electrons. The van der Waals surface area contributed by atoms with Gasteiger partial charge < -0.3 is 20.5 Å². The zero-order valence-corrected chi connectivity index (χ0v) is 20.3. The van der Waals surface area contributed by atoms with Crippen molar-refractivity contribution in [1.82, 2.24) is 10.6 Å². The van der Waals surface area contributed by atoms with Crippen LogP contribution in [0.15, 0.2) is 48.5 Å². The number of nitrogens with one attached hydrogen (secondary N) is 2. The maximum absolute atomic E-state index is 12.7. The molecule has 3 unspecified atom stereocenters. The van der Waals surface area contributed by atoms with Crippen LogP contribution in [0.4, 0.5) is 4.79 Å². The predicted molar refractivity (Wildman–Crippen MR) is 133 cm³/mol. The average molecular weight is 479 g/mol. The molecule has 3 N–H and O–H groups in total. The van der Waals surface area contributed by atoms with Crippen molar-refractivity contribution in [3.8, 4) is 11.1 Å². The molecule has 2 aromatic rings. The highest BCUT2D eigenvalue weighted by Gasteiger charge is 2.32. The first-order valence-corrected chi connectivity index (χ1v) is 12.5. The third-order valence-electron chi connectivity index (χ3n) is 7.30. The summed E-state index contributed by atoms with van der Waals surface area (Å²) in [6.07, 6.45) is 2.16. The number of amides is 2. The van der Waals surface area contributed by atoms with Gasteiger partial charge in [0.15, 0.2) is 0 Å². The summed E-state index contributed by atoms with van der Waals surface area (Å²) in [6.45, 7) is 4.12. The number of carbonyl (C=O) groups excluding carboxylic acids is 2.